The fraction of sp³-hybridized carbons (Fsp3) is 0.333. The second-order valence-corrected chi connectivity index (χ2v) is 4.68. The third-order valence-electron chi connectivity index (χ3n) is 3.41. The van der Waals surface area contributed by atoms with Crippen molar-refractivity contribution in [2.45, 2.75) is 20.4 Å². The van der Waals surface area contributed by atoms with Gasteiger partial charge in [-0.3, -0.25) is 14.6 Å². The molecule has 5 nitrogen and oxygen atoms in total. The van der Waals surface area contributed by atoms with E-state index < -0.39 is 0 Å². The van der Waals surface area contributed by atoms with Crippen molar-refractivity contribution >= 4 is 5.91 Å². The first-order valence-corrected chi connectivity index (χ1v) is 6.43. The van der Waals surface area contributed by atoms with Gasteiger partial charge in [-0.15, -0.1) is 0 Å². The SMILES string of the molecule is CON(C)C(=O)c1cc(C)n(Cc2ccccn2)c1C. The number of carbonyl (C=O) groups is 1. The summed E-state index contributed by atoms with van der Waals surface area (Å²) in [4.78, 5) is 21.5. The zero-order chi connectivity index (χ0) is 14.7. The number of amides is 1. The van der Waals surface area contributed by atoms with Gasteiger partial charge in [0, 0.05) is 24.6 Å². The van der Waals surface area contributed by atoms with Crippen molar-refractivity contribution in [1.82, 2.24) is 14.6 Å². The molecule has 106 valence electrons. The van der Waals surface area contributed by atoms with Crippen molar-refractivity contribution in [3.8, 4) is 0 Å². The molecule has 0 spiro atoms. The number of hydrogen-bond donors (Lipinski definition) is 0. The Balaban J connectivity index is 2.32. The normalized spacial score (nSPS) is 10.6. The van der Waals surface area contributed by atoms with Gasteiger partial charge in [0.2, 0.25) is 0 Å². The Kier molecular flexibility index (Phi) is 4.20. The molecule has 5 heteroatoms. The minimum absolute atomic E-state index is 0.145. The molecule has 0 saturated heterocycles. The Bertz CT molecular complexity index is 605. The maximum atomic E-state index is 12.2. The first-order chi connectivity index (χ1) is 9.54. The van der Waals surface area contributed by atoms with Gasteiger partial charge in [0.15, 0.2) is 0 Å². The molecule has 0 N–H and O–H groups in total. The second kappa shape index (κ2) is 5.88. The van der Waals surface area contributed by atoms with E-state index in [1.54, 1.807) is 13.2 Å². The van der Waals surface area contributed by atoms with E-state index in [4.69, 9.17) is 4.84 Å². The predicted octanol–water partition coefficient (Wildman–Crippen LogP) is 2.18. The lowest BCUT2D eigenvalue weighted by Gasteiger charge is -2.14. The third-order valence-corrected chi connectivity index (χ3v) is 3.41. The van der Waals surface area contributed by atoms with E-state index >= 15 is 0 Å². The Labute approximate surface area is 118 Å². The van der Waals surface area contributed by atoms with Crippen LogP contribution in [-0.2, 0) is 11.4 Å². The second-order valence-electron chi connectivity index (χ2n) is 4.68. The molecular weight excluding hydrogens is 254 g/mol. The van der Waals surface area contributed by atoms with Gasteiger partial charge >= 0.3 is 0 Å². The highest BCUT2D eigenvalue weighted by Gasteiger charge is 2.19. The molecule has 0 aromatic carbocycles. The van der Waals surface area contributed by atoms with Gasteiger partial charge in [-0.1, -0.05) is 6.07 Å². The quantitative estimate of drug-likeness (QED) is 0.802. The molecule has 2 heterocycles. The van der Waals surface area contributed by atoms with Crippen LogP contribution in [0, 0.1) is 13.8 Å². The minimum atomic E-state index is -0.145. The summed E-state index contributed by atoms with van der Waals surface area (Å²) < 4.78 is 2.08. The largest absolute Gasteiger partial charge is 0.342 e. The summed E-state index contributed by atoms with van der Waals surface area (Å²) in [6.07, 6.45) is 1.77. The van der Waals surface area contributed by atoms with E-state index in [2.05, 4.69) is 9.55 Å². The lowest BCUT2D eigenvalue weighted by molar-refractivity contribution is -0.0757. The van der Waals surface area contributed by atoms with Crippen LogP contribution in [-0.4, -0.2) is 34.7 Å². The number of rotatable bonds is 4. The number of hydroxylamine groups is 2. The molecule has 2 aromatic rings. The van der Waals surface area contributed by atoms with E-state index in [0.717, 1.165) is 17.1 Å². The number of carbonyl (C=O) groups excluding carboxylic acids is 1. The fourth-order valence-electron chi connectivity index (χ4n) is 2.17. The molecule has 1 amide bonds. The van der Waals surface area contributed by atoms with Crippen LogP contribution in [0.2, 0.25) is 0 Å². The summed E-state index contributed by atoms with van der Waals surface area (Å²) in [5, 5.41) is 1.23. The summed E-state index contributed by atoms with van der Waals surface area (Å²) in [7, 11) is 3.08. The summed E-state index contributed by atoms with van der Waals surface area (Å²) in [5.41, 5.74) is 3.57. The number of aryl methyl sites for hydroxylation is 1. The summed E-state index contributed by atoms with van der Waals surface area (Å²) in [6.45, 7) is 4.58. The molecule has 0 saturated carbocycles. The van der Waals surface area contributed by atoms with Gasteiger partial charge in [0.1, 0.15) is 0 Å². The average molecular weight is 273 g/mol. The summed E-state index contributed by atoms with van der Waals surface area (Å²) in [5.74, 6) is -0.145. The van der Waals surface area contributed by atoms with Crippen molar-refractivity contribution < 1.29 is 9.63 Å². The van der Waals surface area contributed by atoms with Gasteiger partial charge in [0.25, 0.3) is 5.91 Å². The van der Waals surface area contributed by atoms with Crippen molar-refractivity contribution in [3.63, 3.8) is 0 Å². The number of pyridine rings is 1. The molecule has 0 fully saturated rings. The number of hydrogen-bond acceptors (Lipinski definition) is 3. The molecule has 0 aliphatic heterocycles. The highest BCUT2D eigenvalue weighted by atomic mass is 16.7. The van der Waals surface area contributed by atoms with Crippen LogP contribution in [0.5, 0.6) is 0 Å². The average Bonchev–Trinajstić information content (AvgIpc) is 2.75. The Morgan fingerprint density at radius 1 is 1.40 bits per heavy atom. The van der Waals surface area contributed by atoms with Crippen LogP contribution >= 0.6 is 0 Å². The van der Waals surface area contributed by atoms with E-state index in [0.29, 0.717) is 12.1 Å². The zero-order valence-electron chi connectivity index (χ0n) is 12.3. The molecular formula is C15H19N3O2. The molecule has 0 aliphatic carbocycles. The van der Waals surface area contributed by atoms with Gasteiger partial charge in [-0.25, -0.2) is 5.06 Å². The smallest absolute Gasteiger partial charge is 0.278 e. The molecule has 0 aliphatic rings. The molecule has 0 unspecified atom stereocenters. The summed E-state index contributed by atoms with van der Waals surface area (Å²) in [6, 6.07) is 7.71. The van der Waals surface area contributed by atoms with E-state index in [1.807, 2.05) is 38.1 Å². The van der Waals surface area contributed by atoms with Crippen molar-refractivity contribution in [1.29, 1.82) is 0 Å². The lowest BCUT2D eigenvalue weighted by atomic mass is 10.2. The fourth-order valence-corrected chi connectivity index (χ4v) is 2.17. The van der Waals surface area contributed by atoms with Gasteiger partial charge < -0.3 is 4.57 Å². The monoisotopic (exact) mass is 273 g/mol. The first-order valence-electron chi connectivity index (χ1n) is 6.43. The Morgan fingerprint density at radius 3 is 2.75 bits per heavy atom. The Morgan fingerprint density at radius 2 is 2.15 bits per heavy atom. The van der Waals surface area contributed by atoms with Gasteiger partial charge in [0.05, 0.1) is 24.9 Å². The van der Waals surface area contributed by atoms with E-state index in [9.17, 15) is 4.79 Å². The maximum Gasteiger partial charge on any atom is 0.278 e. The maximum absolute atomic E-state index is 12.2. The lowest BCUT2D eigenvalue weighted by Crippen LogP contribution is -2.25. The van der Waals surface area contributed by atoms with Gasteiger partial charge in [-0.05, 0) is 32.0 Å². The van der Waals surface area contributed by atoms with Crippen molar-refractivity contribution in [2.75, 3.05) is 14.2 Å². The Hall–Kier alpha value is -2.14. The van der Waals surface area contributed by atoms with Crippen LogP contribution in [0.25, 0.3) is 0 Å². The molecule has 0 atom stereocenters. The van der Waals surface area contributed by atoms with Crippen molar-refractivity contribution in [3.05, 3.63) is 53.1 Å². The van der Waals surface area contributed by atoms with Crippen LogP contribution in [0.4, 0.5) is 0 Å². The van der Waals surface area contributed by atoms with Crippen LogP contribution < -0.4 is 0 Å². The van der Waals surface area contributed by atoms with Gasteiger partial charge in [-0.2, -0.15) is 0 Å². The predicted molar refractivity (Wildman–Crippen MR) is 76.3 cm³/mol. The third kappa shape index (κ3) is 2.72. The molecule has 0 radical (unpaired) electrons. The van der Waals surface area contributed by atoms with E-state index in [1.165, 1.54) is 12.2 Å². The molecule has 2 rings (SSSR count). The van der Waals surface area contributed by atoms with Crippen LogP contribution in [0.15, 0.2) is 30.5 Å². The van der Waals surface area contributed by atoms with Crippen molar-refractivity contribution in [2.24, 2.45) is 0 Å². The van der Waals surface area contributed by atoms with Crippen LogP contribution in [0.3, 0.4) is 0 Å². The summed E-state index contributed by atoms with van der Waals surface area (Å²) >= 11 is 0. The standard InChI is InChI=1S/C15H19N3O2/c1-11-9-14(15(19)17(3)20-4)12(2)18(11)10-13-7-5-6-8-16-13/h5-9H,10H2,1-4H3. The first kappa shape index (κ1) is 14.3. The van der Waals surface area contributed by atoms with E-state index in [-0.39, 0.29) is 5.91 Å². The zero-order valence-corrected chi connectivity index (χ0v) is 12.3. The topological polar surface area (TPSA) is 47.4 Å². The highest BCUT2D eigenvalue weighted by Crippen LogP contribution is 2.18. The molecule has 20 heavy (non-hydrogen) atoms. The number of aromatic nitrogens is 2. The highest BCUT2D eigenvalue weighted by molar-refractivity contribution is 5.94. The number of nitrogens with zero attached hydrogens (tertiary/aromatic N) is 3. The minimum Gasteiger partial charge on any atom is -0.342 e. The molecule has 2 aromatic heterocycles. The molecule has 0 bridgehead atoms. The van der Waals surface area contributed by atoms with Crippen LogP contribution in [0.1, 0.15) is 27.4 Å².